The molecule has 0 unspecified atom stereocenters. The van der Waals surface area contributed by atoms with Crippen molar-refractivity contribution in [1.82, 2.24) is 9.38 Å². The zero-order valence-electron chi connectivity index (χ0n) is 13.1. The van der Waals surface area contributed by atoms with E-state index in [1.165, 1.54) is 0 Å². The Morgan fingerprint density at radius 1 is 1.22 bits per heavy atom. The summed E-state index contributed by atoms with van der Waals surface area (Å²) in [6, 6.07) is 7.50. The van der Waals surface area contributed by atoms with Crippen LogP contribution in [0.2, 0.25) is 0 Å². The van der Waals surface area contributed by atoms with Gasteiger partial charge in [-0.05, 0) is 52.7 Å². The fraction of sp³-hybridized carbons (Fsp3) is 0.235. The Labute approximate surface area is 142 Å². The number of pyridine rings is 1. The first kappa shape index (κ1) is 15.8. The number of aryl methyl sites for hydroxylation is 1. The monoisotopic (exact) mass is 376 g/mol. The van der Waals surface area contributed by atoms with Crippen LogP contribution in [0, 0.1) is 6.92 Å². The van der Waals surface area contributed by atoms with Gasteiger partial charge in [0.2, 0.25) is 0 Å². The van der Waals surface area contributed by atoms with Crippen molar-refractivity contribution in [2.45, 2.75) is 13.5 Å². The van der Waals surface area contributed by atoms with Gasteiger partial charge in [-0.15, -0.1) is 0 Å². The Morgan fingerprint density at radius 3 is 2.65 bits per heavy atom. The number of hydrogen-bond donors (Lipinski definition) is 1. The number of hydrogen-bond acceptors (Lipinski definition) is 4. The molecule has 5 nitrogen and oxygen atoms in total. The molecule has 0 amide bonds. The van der Waals surface area contributed by atoms with Gasteiger partial charge in [-0.2, -0.15) is 0 Å². The predicted molar refractivity (Wildman–Crippen MR) is 92.1 cm³/mol. The molecule has 0 aliphatic heterocycles. The first-order valence-corrected chi connectivity index (χ1v) is 7.88. The van der Waals surface area contributed by atoms with Crippen LogP contribution in [0.4, 0.5) is 0 Å². The summed E-state index contributed by atoms with van der Waals surface area (Å²) < 4.78 is 13.6. The van der Waals surface area contributed by atoms with Crippen LogP contribution in [0.5, 0.6) is 11.5 Å². The van der Waals surface area contributed by atoms with E-state index in [9.17, 15) is 5.11 Å². The van der Waals surface area contributed by atoms with Crippen molar-refractivity contribution in [3.8, 4) is 22.8 Å². The molecule has 120 valence electrons. The van der Waals surface area contributed by atoms with Crippen molar-refractivity contribution in [2.75, 3.05) is 14.2 Å². The third-order valence-corrected chi connectivity index (χ3v) is 4.64. The minimum atomic E-state index is -0.133. The number of fused-ring (bicyclic) bond motifs is 1. The molecule has 0 bridgehead atoms. The molecule has 0 spiro atoms. The van der Waals surface area contributed by atoms with Crippen molar-refractivity contribution in [3.05, 3.63) is 46.2 Å². The van der Waals surface area contributed by atoms with Gasteiger partial charge in [0.1, 0.15) is 17.1 Å². The molecule has 23 heavy (non-hydrogen) atoms. The van der Waals surface area contributed by atoms with Gasteiger partial charge in [0.25, 0.3) is 0 Å². The molecule has 6 heteroatoms. The van der Waals surface area contributed by atoms with Crippen molar-refractivity contribution < 1.29 is 14.6 Å². The van der Waals surface area contributed by atoms with Gasteiger partial charge >= 0.3 is 0 Å². The maximum Gasteiger partial charge on any atom is 0.138 e. The highest BCUT2D eigenvalue weighted by molar-refractivity contribution is 9.10. The minimum Gasteiger partial charge on any atom is -0.497 e. The van der Waals surface area contributed by atoms with Crippen LogP contribution < -0.4 is 9.47 Å². The number of benzene rings is 1. The highest BCUT2D eigenvalue weighted by atomic mass is 79.9. The Morgan fingerprint density at radius 2 is 2.00 bits per heavy atom. The van der Waals surface area contributed by atoms with Gasteiger partial charge in [0.05, 0.1) is 32.2 Å². The standard InChI is InChI=1S/C17H17BrN2O3/c1-10-6-16-19-17(14(9-21)20(16)8-13(10)18)12-7-11(22-2)4-5-15(12)23-3/h4-8,21H,9H2,1-3H3. The number of halogens is 1. The second-order valence-corrected chi connectivity index (χ2v) is 6.02. The van der Waals surface area contributed by atoms with E-state index in [0.717, 1.165) is 21.2 Å². The zero-order chi connectivity index (χ0) is 16.6. The average Bonchev–Trinajstić information content (AvgIpc) is 2.91. The Hall–Kier alpha value is -2.05. The topological polar surface area (TPSA) is 56.0 Å². The third kappa shape index (κ3) is 2.68. The van der Waals surface area contributed by atoms with Gasteiger partial charge in [0, 0.05) is 16.2 Å². The number of aliphatic hydroxyl groups is 1. The maximum atomic E-state index is 9.87. The first-order valence-electron chi connectivity index (χ1n) is 7.09. The number of aliphatic hydroxyl groups excluding tert-OH is 1. The Bertz CT molecular complexity index is 874. The van der Waals surface area contributed by atoms with Gasteiger partial charge in [-0.25, -0.2) is 4.98 Å². The van der Waals surface area contributed by atoms with Crippen molar-refractivity contribution >= 4 is 21.6 Å². The molecule has 3 aromatic rings. The molecule has 0 saturated carbocycles. The molecule has 0 aliphatic carbocycles. The Kier molecular flexibility index (Phi) is 4.28. The number of nitrogens with zero attached hydrogens (tertiary/aromatic N) is 2. The van der Waals surface area contributed by atoms with Crippen molar-refractivity contribution in [1.29, 1.82) is 0 Å². The van der Waals surface area contributed by atoms with Crippen LogP contribution >= 0.6 is 15.9 Å². The average molecular weight is 377 g/mol. The van der Waals surface area contributed by atoms with E-state index in [-0.39, 0.29) is 6.61 Å². The summed E-state index contributed by atoms with van der Waals surface area (Å²) in [6.45, 7) is 1.87. The Balaban J connectivity index is 2.31. The van der Waals surface area contributed by atoms with Crippen LogP contribution in [0.1, 0.15) is 11.3 Å². The summed E-state index contributed by atoms with van der Waals surface area (Å²) in [5, 5.41) is 9.87. The molecule has 0 saturated heterocycles. The fourth-order valence-electron chi connectivity index (χ4n) is 2.57. The zero-order valence-corrected chi connectivity index (χ0v) is 14.7. The normalized spacial score (nSPS) is 11.0. The van der Waals surface area contributed by atoms with Gasteiger partial charge in [-0.3, -0.25) is 4.40 Å². The lowest BCUT2D eigenvalue weighted by molar-refractivity contribution is 0.276. The van der Waals surface area contributed by atoms with E-state index in [4.69, 9.17) is 9.47 Å². The predicted octanol–water partition coefficient (Wildman–Crippen LogP) is 3.58. The second-order valence-electron chi connectivity index (χ2n) is 5.16. The van der Waals surface area contributed by atoms with Gasteiger partial charge < -0.3 is 14.6 Å². The molecule has 0 fully saturated rings. The van der Waals surface area contributed by atoms with Crippen molar-refractivity contribution in [3.63, 3.8) is 0 Å². The van der Waals surface area contributed by atoms with E-state index in [0.29, 0.717) is 22.9 Å². The number of methoxy groups -OCH3 is 2. The summed E-state index contributed by atoms with van der Waals surface area (Å²) in [4.78, 5) is 4.69. The summed E-state index contributed by atoms with van der Waals surface area (Å²) >= 11 is 3.52. The van der Waals surface area contributed by atoms with Crippen molar-refractivity contribution in [2.24, 2.45) is 0 Å². The number of aromatic nitrogens is 2. The lowest BCUT2D eigenvalue weighted by atomic mass is 10.1. The lowest BCUT2D eigenvalue weighted by Crippen LogP contribution is -1.97. The molecule has 1 N–H and O–H groups in total. The van der Waals surface area contributed by atoms with Gasteiger partial charge in [-0.1, -0.05) is 0 Å². The summed E-state index contributed by atoms with van der Waals surface area (Å²) in [6.07, 6.45) is 1.92. The second kappa shape index (κ2) is 6.22. The number of rotatable bonds is 4. The number of ether oxygens (including phenoxy) is 2. The molecule has 0 aliphatic rings. The van der Waals surface area contributed by atoms with Crippen LogP contribution in [0.3, 0.4) is 0 Å². The van der Waals surface area contributed by atoms with E-state index in [2.05, 4.69) is 20.9 Å². The largest absolute Gasteiger partial charge is 0.497 e. The summed E-state index contributed by atoms with van der Waals surface area (Å²) in [5.41, 5.74) is 4.02. The lowest BCUT2D eigenvalue weighted by Gasteiger charge is -2.10. The highest BCUT2D eigenvalue weighted by Crippen LogP contribution is 2.36. The summed E-state index contributed by atoms with van der Waals surface area (Å²) in [7, 11) is 3.23. The van der Waals surface area contributed by atoms with E-state index < -0.39 is 0 Å². The third-order valence-electron chi connectivity index (χ3n) is 3.81. The fourth-order valence-corrected chi connectivity index (χ4v) is 2.89. The quantitative estimate of drug-likeness (QED) is 0.755. The highest BCUT2D eigenvalue weighted by Gasteiger charge is 2.18. The molecular formula is C17H17BrN2O3. The molecule has 0 radical (unpaired) electrons. The molecule has 2 heterocycles. The van der Waals surface area contributed by atoms with Crippen LogP contribution in [0.25, 0.3) is 16.9 Å². The summed E-state index contributed by atoms with van der Waals surface area (Å²) in [5.74, 6) is 1.39. The molecule has 1 aromatic carbocycles. The smallest absolute Gasteiger partial charge is 0.138 e. The molecule has 3 rings (SSSR count). The van der Waals surface area contributed by atoms with E-state index in [1.54, 1.807) is 14.2 Å². The van der Waals surface area contributed by atoms with Crippen LogP contribution in [0.15, 0.2) is 34.9 Å². The maximum absolute atomic E-state index is 9.87. The molecule has 2 aromatic heterocycles. The van der Waals surface area contributed by atoms with Crippen LogP contribution in [-0.4, -0.2) is 28.7 Å². The van der Waals surface area contributed by atoms with Crippen LogP contribution in [-0.2, 0) is 6.61 Å². The molecular weight excluding hydrogens is 360 g/mol. The SMILES string of the molecule is COc1ccc(OC)c(-c2nc3cc(C)c(Br)cn3c2CO)c1. The van der Waals surface area contributed by atoms with Gasteiger partial charge in [0.15, 0.2) is 0 Å². The minimum absolute atomic E-state index is 0.133. The van der Waals surface area contributed by atoms with E-state index in [1.807, 2.05) is 41.8 Å². The number of imidazole rings is 1. The molecule has 0 atom stereocenters. The van der Waals surface area contributed by atoms with E-state index >= 15 is 0 Å². The first-order chi connectivity index (χ1) is 11.1.